The van der Waals surface area contributed by atoms with Gasteiger partial charge >= 0.3 is 0 Å². The van der Waals surface area contributed by atoms with Gasteiger partial charge in [0.2, 0.25) is 0 Å². The minimum absolute atomic E-state index is 0.215. The summed E-state index contributed by atoms with van der Waals surface area (Å²) < 4.78 is 14.9. The number of rotatable bonds is 2. The van der Waals surface area contributed by atoms with Crippen molar-refractivity contribution in [3.05, 3.63) is 48.0 Å². The van der Waals surface area contributed by atoms with Gasteiger partial charge in [-0.25, -0.2) is 9.07 Å². The van der Waals surface area contributed by atoms with Crippen LogP contribution in [0.1, 0.15) is 25.0 Å². The summed E-state index contributed by atoms with van der Waals surface area (Å²) in [7, 11) is 0. The molecule has 19 heavy (non-hydrogen) atoms. The molecule has 1 N–H and O–H groups in total. The van der Waals surface area contributed by atoms with E-state index in [-0.39, 0.29) is 5.82 Å². The molecular weight excluding hydrogens is 241 g/mol. The fraction of sp³-hybridized carbons (Fsp3) is 0.400. The molecule has 1 aromatic carbocycles. The van der Waals surface area contributed by atoms with Crippen LogP contribution in [-0.2, 0) is 0 Å². The summed E-state index contributed by atoms with van der Waals surface area (Å²) >= 11 is 0. The summed E-state index contributed by atoms with van der Waals surface area (Å²) in [6, 6.07) is 8.59. The topological polar surface area (TPSA) is 29.9 Å². The molecule has 0 radical (unpaired) electrons. The van der Waals surface area contributed by atoms with Crippen molar-refractivity contribution in [1.29, 1.82) is 0 Å². The van der Waals surface area contributed by atoms with Crippen molar-refractivity contribution in [3.8, 4) is 5.69 Å². The normalized spacial score (nSPS) is 23.5. The zero-order chi connectivity index (χ0) is 13.2. The van der Waals surface area contributed by atoms with E-state index < -0.39 is 0 Å². The first-order valence-electron chi connectivity index (χ1n) is 6.76. The number of halogens is 1. The first-order chi connectivity index (χ1) is 9.25. The van der Waals surface area contributed by atoms with Gasteiger partial charge in [-0.3, -0.25) is 0 Å². The number of nitrogens with zero attached hydrogens (tertiary/aromatic N) is 2. The summed E-state index contributed by atoms with van der Waals surface area (Å²) in [5.41, 5.74) is 2.15. The Kier molecular flexibility index (Phi) is 3.34. The molecule has 2 heterocycles. The van der Waals surface area contributed by atoms with Gasteiger partial charge < -0.3 is 5.32 Å². The average Bonchev–Trinajstić information content (AvgIpc) is 2.89. The van der Waals surface area contributed by atoms with Crippen LogP contribution in [0.15, 0.2) is 36.5 Å². The Morgan fingerprint density at radius 3 is 2.79 bits per heavy atom. The average molecular weight is 259 g/mol. The van der Waals surface area contributed by atoms with Crippen LogP contribution in [0.5, 0.6) is 0 Å². The van der Waals surface area contributed by atoms with Crippen molar-refractivity contribution in [1.82, 2.24) is 15.1 Å². The molecule has 0 saturated carbocycles. The Labute approximate surface area is 112 Å². The molecule has 1 aromatic heterocycles. The summed E-state index contributed by atoms with van der Waals surface area (Å²) in [5.74, 6) is 0.881. The molecule has 0 spiro atoms. The lowest BCUT2D eigenvalue weighted by Gasteiger charge is -2.30. The Bertz CT molecular complexity index is 547. The van der Waals surface area contributed by atoms with E-state index in [4.69, 9.17) is 0 Å². The highest BCUT2D eigenvalue weighted by atomic mass is 19.1. The van der Waals surface area contributed by atoms with Gasteiger partial charge in [0.1, 0.15) is 5.82 Å². The minimum Gasteiger partial charge on any atom is -0.316 e. The molecule has 3 rings (SSSR count). The second-order valence-corrected chi connectivity index (χ2v) is 5.22. The fourth-order valence-electron chi connectivity index (χ4n) is 2.85. The van der Waals surface area contributed by atoms with Crippen molar-refractivity contribution >= 4 is 0 Å². The Hall–Kier alpha value is -1.68. The highest BCUT2D eigenvalue weighted by molar-refractivity contribution is 5.34. The molecular formula is C15H18FN3. The quantitative estimate of drug-likeness (QED) is 0.898. The van der Waals surface area contributed by atoms with Crippen molar-refractivity contribution in [2.24, 2.45) is 5.92 Å². The third-order valence-electron chi connectivity index (χ3n) is 3.91. The van der Waals surface area contributed by atoms with Gasteiger partial charge in [0.25, 0.3) is 0 Å². The van der Waals surface area contributed by atoms with Crippen LogP contribution in [0, 0.1) is 11.7 Å². The lowest BCUT2D eigenvalue weighted by atomic mass is 9.85. The van der Waals surface area contributed by atoms with E-state index >= 15 is 0 Å². The molecule has 0 amide bonds. The molecule has 4 heteroatoms. The standard InChI is InChI=1S/C15H18FN3/c1-11-10-17-8-6-14(11)15-7-9-18-19(15)13-4-2-12(16)3-5-13/h2-5,7,9,11,14,17H,6,8,10H2,1H3/t11-,14+/m0/s1. The van der Waals surface area contributed by atoms with E-state index in [1.54, 1.807) is 12.1 Å². The molecule has 0 aliphatic carbocycles. The SMILES string of the molecule is C[C@H]1CNCC[C@H]1c1ccnn1-c1ccc(F)cc1. The lowest BCUT2D eigenvalue weighted by molar-refractivity contribution is 0.339. The Morgan fingerprint density at radius 1 is 1.26 bits per heavy atom. The number of hydrogen-bond acceptors (Lipinski definition) is 2. The highest BCUT2D eigenvalue weighted by Gasteiger charge is 2.25. The second-order valence-electron chi connectivity index (χ2n) is 5.22. The predicted molar refractivity (Wildman–Crippen MR) is 72.9 cm³/mol. The van der Waals surface area contributed by atoms with E-state index in [0.29, 0.717) is 11.8 Å². The number of aromatic nitrogens is 2. The van der Waals surface area contributed by atoms with E-state index in [2.05, 4.69) is 23.4 Å². The fourth-order valence-corrected chi connectivity index (χ4v) is 2.85. The van der Waals surface area contributed by atoms with Gasteiger partial charge in [-0.2, -0.15) is 5.10 Å². The van der Waals surface area contributed by atoms with Crippen molar-refractivity contribution in [2.75, 3.05) is 13.1 Å². The third-order valence-corrected chi connectivity index (χ3v) is 3.91. The first kappa shape index (κ1) is 12.4. The molecule has 0 bridgehead atoms. The molecule has 2 aromatic rings. The number of nitrogens with one attached hydrogen (secondary N) is 1. The van der Waals surface area contributed by atoms with Gasteiger partial charge in [0.15, 0.2) is 0 Å². The maximum atomic E-state index is 13.0. The maximum Gasteiger partial charge on any atom is 0.123 e. The van der Waals surface area contributed by atoms with Crippen LogP contribution in [0.25, 0.3) is 5.69 Å². The van der Waals surface area contributed by atoms with Crippen LogP contribution in [-0.4, -0.2) is 22.9 Å². The van der Waals surface area contributed by atoms with Crippen molar-refractivity contribution < 1.29 is 4.39 Å². The molecule has 1 saturated heterocycles. The van der Waals surface area contributed by atoms with Crippen molar-refractivity contribution in [3.63, 3.8) is 0 Å². The molecule has 2 atom stereocenters. The van der Waals surface area contributed by atoms with Gasteiger partial charge in [0.05, 0.1) is 5.69 Å². The molecule has 1 aliphatic rings. The van der Waals surface area contributed by atoms with Crippen LogP contribution < -0.4 is 5.32 Å². The van der Waals surface area contributed by atoms with E-state index in [9.17, 15) is 4.39 Å². The van der Waals surface area contributed by atoms with Gasteiger partial charge in [-0.1, -0.05) is 6.92 Å². The molecule has 0 unspecified atom stereocenters. The summed E-state index contributed by atoms with van der Waals surface area (Å²) in [6.45, 7) is 4.35. The number of piperidine rings is 1. The molecule has 1 aliphatic heterocycles. The summed E-state index contributed by atoms with van der Waals surface area (Å²) in [4.78, 5) is 0. The van der Waals surface area contributed by atoms with Crippen LogP contribution in [0.3, 0.4) is 0 Å². The van der Waals surface area contributed by atoms with E-state index in [1.807, 2.05) is 10.9 Å². The van der Waals surface area contributed by atoms with Crippen LogP contribution in [0.2, 0.25) is 0 Å². The van der Waals surface area contributed by atoms with Crippen LogP contribution in [0.4, 0.5) is 4.39 Å². The van der Waals surface area contributed by atoms with Gasteiger partial charge in [0, 0.05) is 17.8 Å². The Balaban J connectivity index is 1.95. The number of hydrogen-bond donors (Lipinski definition) is 1. The Morgan fingerprint density at radius 2 is 2.05 bits per heavy atom. The zero-order valence-electron chi connectivity index (χ0n) is 11.0. The number of benzene rings is 1. The lowest BCUT2D eigenvalue weighted by Crippen LogP contribution is -2.34. The largest absolute Gasteiger partial charge is 0.316 e. The zero-order valence-corrected chi connectivity index (χ0v) is 11.0. The molecule has 1 fully saturated rings. The van der Waals surface area contributed by atoms with Gasteiger partial charge in [-0.15, -0.1) is 0 Å². The maximum absolute atomic E-state index is 13.0. The van der Waals surface area contributed by atoms with E-state index in [0.717, 1.165) is 25.2 Å². The summed E-state index contributed by atoms with van der Waals surface area (Å²) in [6.07, 6.45) is 2.95. The van der Waals surface area contributed by atoms with Crippen LogP contribution >= 0.6 is 0 Å². The smallest absolute Gasteiger partial charge is 0.123 e. The minimum atomic E-state index is -0.215. The third kappa shape index (κ3) is 2.40. The second kappa shape index (κ2) is 5.13. The predicted octanol–water partition coefficient (Wildman–Crippen LogP) is 2.72. The van der Waals surface area contributed by atoms with Gasteiger partial charge in [-0.05, 0) is 55.8 Å². The van der Waals surface area contributed by atoms with E-state index in [1.165, 1.54) is 17.8 Å². The monoisotopic (exact) mass is 259 g/mol. The highest BCUT2D eigenvalue weighted by Crippen LogP contribution is 2.31. The molecule has 3 nitrogen and oxygen atoms in total. The molecule has 100 valence electrons. The first-order valence-corrected chi connectivity index (χ1v) is 6.76. The summed E-state index contributed by atoms with van der Waals surface area (Å²) in [5, 5.41) is 7.81. The van der Waals surface area contributed by atoms with Crippen molar-refractivity contribution in [2.45, 2.75) is 19.3 Å².